The van der Waals surface area contributed by atoms with E-state index in [0.29, 0.717) is 32.7 Å². The van der Waals surface area contributed by atoms with Crippen LogP contribution in [0, 0.1) is 0 Å². The number of thioether (sulfide) groups is 1. The van der Waals surface area contributed by atoms with Gasteiger partial charge in [-0.15, -0.1) is 5.10 Å². The van der Waals surface area contributed by atoms with Crippen molar-refractivity contribution in [1.82, 2.24) is 19.4 Å². The van der Waals surface area contributed by atoms with Gasteiger partial charge in [-0.25, -0.2) is 9.48 Å². The Balaban J connectivity index is 1.46. The number of rotatable bonds is 7. The Labute approximate surface area is 192 Å². The Morgan fingerprint density at radius 3 is 2.59 bits per heavy atom. The maximum atomic E-state index is 12.7. The van der Waals surface area contributed by atoms with Crippen molar-refractivity contribution >= 4 is 46.4 Å². The zero-order chi connectivity index (χ0) is 22.7. The van der Waals surface area contributed by atoms with Gasteiger partial charge in [-0.2, -0.15) is 9.61 Å². The minimum atomic E-state index is -0.512. The number of ketones is 1. The van der Waals surface area contributed by atoms with Crippen molar-refractivity contribution in [2.24, 2.45) is 0 Å². The van der Waals surface area contributed by atoms with E-state index < -0.39 is 11.6 Å². The van der Waals surface area contributed by atoms with Crippen molar-refractivity contribution in [3.8, 4) is 0 Å². The number of amides is 1. The Morgan fingerprint density at radius 2 is 1.84 bits per heavy atom. The van der Waals surface area contributed by atoms with Crippen LogP contribution in [0.2, 0.25) is 5.02 Å². The lowest BCUT2D eigenvalue weighted by atomic mass is 10.1. The molecule has 10 heteroatoms. The van der Waals surface area contributed by atoms with Crippen LogP contribution in [-0.4, -0.2) is 31.1 Å². The number of Topliss-reactive ketones (excluding diaryl/α,β-unsaturated/α-hetero) is 1. The molecule has 0 fully saturated rings. The molecule has 4 rings (SSSR count). The molecule has 0 saturated carbocycles. The van der Waals surface area contributed by atoms with Crippen molar-refractivity contribution in [3.63, 3.8) is 0 Å². The Hall–Kier alpha value is -3.43. The van der Waals surface area contributed by atoms with Gasteiger partial charge in [0.2, 0.25) is 5.91 Å². The molecule has 2 heterocycles. The number of carbonyl (C=O) groups excluding carboxylic acids is 2. The van der Waals surface area contributed by atoms with Gasteiger partial charge in [0.1, 0.15) is 11.6 Å². The van der Waals surface area contributed by atoms with Crippen LogP contribution >= 0.6 is 23.4 Å². The van der Waals surface area contributed by atoms with Crippen molar-refractivity contribution in [2.45, 2.75) is 24.2 Å². The average molecular weight is 468 g/mol. The second kappa shape index (κ2) is 9.37. The number of carbonyl (C=O) groups is 2. The molecule has 0 atom stereocenters. The van der Waals surface area contributed by atoms with Gasteiger partial charge < -0.3 is 5.32 Å². The molecule has 0 bridgehead atoms. The maximum absolute atomic E-state index is 12.7. The lowest BCUT2D eigenvalue weighted by Gasteiger charge is -2.05. The summed E-state index contributed by atoms with van der Waals surface area (Å²) in [6, 6.07) is 17.6. The SMILES string of the molecule is CC(=O)c1cccc(NC(=O)Cn2nc3ccc(SCc4ccc(Cl)cc4)nn3c2=O)c1. The molecule has 1 amide bonds. The Bertz CT molecular complexity index is 1360. The fraction of sp³-hybridized carbons (Fsp3) is 0.136. The first-order valence-electron chi connectivity index (χ1n) is 9.64. The molecule has 4 aromatic rings. The molecule has 0 radical (unpaired) electrons. The third kappa shape index (κ3) is 5.06. The highest BCUT2D eigenvalue weighted by atomic mass is 35.5. The van der Waals surface area contributed by atoms with Gasteiger partial charge in [0.25, 0.3) is 0 Å². The highest BCUT2D eigenvalue weighted by Gasteiger charge is 2.13. The van der Waals surface area contributed by atoms with E-state index in [1.54, 1.807) is 36.4 Å². The van der Waals surface area contributed by atoms with Crippen molar-refractivity contribution in [2.75, 3.05) is 5.32 Å². The van der Waals surface area contributed by atoms with Gasteiger partial charge >= 0.3 is 5.69 Å². The number of nitrogens with one attached hydrogen (secondary N) is 1. The molecule has 32 heavy (non-hydrogen) atoms. The lowest BCUT2D eigenvalue weighted by Crippen LogP contribution is -2.28. The predicted molar refractivity (Wildman–Crippen MR) is 123 cm³/mol. The van der Waals surface area contributed by atoms with E-state index >= 15 is 0 Å². The fourth-order valence-corrected chi connectivity index (χ4v) is 3.90. The van der Waals surface area contributed by atoms with E-state index in [9.17, 15) is 14.4 Å². The zero-order valence-electron chi connectivity index (χ0n) is 17.0. The Kier molecular flexibility index (Phi) is 6.38. The highest BCUT2D eigenvalue weighted by molar-refractivity contribution is 7.98. The molecular weight excluding hydrogens is 450 g/mol. The number of halogens is 1. The third-order valence-electron chi connectivity index (χ3n) is 4.56. The molecule has 0 aliphatic rings. The largest absolute Gasteiger partial charge is 0.367 e. The van der Waals surface area contributed by atoms with E-state index in [1.807, 2.05) is 24.3 Å². The monoisotopic (exact) mass is 467 g/mol. The van der Waals surface area contributed by atoms with Crippen LogP contribution < -0.4 is 11.0 Å². The number of hydrogen-bond acceptors (Lipinski definition) is 6. The lowest BCUT2D eigenvalue weighted by molar-refractivity contribution is -0.117. The van der Waals surface area contributed by atoms with Gasteiger partial charge in [0, 0.05) is 22.0 Å². The normalized spacial score (nSPS) is 10.9. The summed E-state index contributed by atoms with van der Waals surface area (Å²) >= 11 is 7.38. The number of aromatic nitrogens is 4. The highest BCUT2D eigenvalue weighted by Crippen LogP contribution is 2.21. The molecule has 2 aromatic carbocycles. The first-order chi connectivity index (χ1) is 15.4. The van der Waals surface area contributed by atoms with Crippen LogP contribution in [0.25, 0.3) is 5.65 Å². The van der Waals surface area contributed by atoms with E-state index in [0.717, 1.165) is 10.2 Å². The summed E-state index contributed by atoms with van der Waals surface area (Å²) in [5, 5.41) is 12.5. The van der Waals surface area contributed by atoms with Crippen LogP contribution in [0.3, 0.4) is 0 Å². The van der Waals surface area contributed by atoms with Crippen LogP contribution in [0.1, 0.15) is 22.8 Å². The first kappa shape index (κ1) is 21.8. The van der Waals surface area contributed by atoms with E-state index in [-0.39, 0.29) is 12.3 Å². The van der Waals surface area contributed by atoms with Gasteiger partial charge in [-0.3, -0.25) is 9.59 Å². The summed E-state index contributed by atoms with van der Waals surface area (Å²) < 4.78 is 2.23. The molecular formula is C22H18ClN5O3S. The van der Waals surface area contributed by atoms with Gasteiger partial charge in [-0.1, -0.05) is 47.6 Å². The fourth-order valence-electron chi connectivity index (χ4n) is 2.96. The van der Waals surface area contributed by atoms with Crippen LogP contribution in [0.5, 0.6) is 0 Å². The predicted octanol–water partition coefficient (Wildman–Crippen LogP) is 3.68. The molecule has 162 valence electrons. The van der Waals surface area contributed by atoms with Crippen molar-refractivity contribution in [3.05, 3.63) is 87.3 Å². The summed E-state index contributed by atoms with van der Waals surface area (Å²) in [6.07, 6.45) is 0. The minimum Gasteiger partial charge on any atom is -0.324 e. The second-order valence-corrected chi connectivity index (χ2v) is 8.41. The van der Waals surface area contributed by atoms with Crippen LogP contribution in [0.15, 0.2) is 70.5 Å². The summed E-state index contributed by atoms with van der Waals surface area (Å²) in [5.74, 6) is 0.127. The number of anilines is 1. The number of hydrogen-bond donors (Lipinski definition) is 1. The van der Waals surface area contributed by atoms with Gasteiger partial charge in [0.15, 0.2) is 11.4 Å². The summed E-state index contributed by atoms with van der Waals surface area (Å²) in [4.78, 5) is 36.6. The summed E-state index contributed by atoms with van der Waals surface area (Å²) in [5.41, 5.74) is 1.87. The molecule has 0 saturated heterocycles. The summed E-state index contributed by atoms with van der Waals surface area (Å²) in [7, 11) is 0. The second-order valence-electron chi connectivity index (χ2n) is 6.98. The molecule has 0 spiro atoms. The molecule has 0 aliphatic heterocycles. The molecule has 0 unspecified atom stereocenters. The first-order valence-corrected chi connectivity index (χ1v) is 11.0. The van der Waals surface area contributed by atoms with Crippen LogP contribution in [-0.2, 0) is 17.1 Å². The minimum absolute atomic E-state index is 0.103. The molecule has 8 nitrogen and oxygen atoms in total. The summed E-state index contributed by atoms with van der Waals surface area (Å²) in [6.45, 7) is 1.17. The van der Waals surface area contributed by atoms with E-state index in [2.05, 4.69) is 15.5 Å². The maximum Gasteiger partial charge on any atom is 0.367 e. The quantitative estimate of drug-likeness (QED) is 0.329. The van der Waals surface area contributed by atoms with Gasteiger partial charge in [-0.05, 0) is 48.9 Å². The number of benzene rings is 2. The molecule has 2 aromatic heterocycles. The standard InChI is InChI=1S/C22H18ClN5O3S/c1-14(29)16-3-2-4-18(11-16)24-20(30)12-27-22(31)28-19(25-27)9-10-21(26-28)32-13-15-5-7-17(23)8-6-15/h2-11H,12-13H2,1H3,(H,24,30). The van der Waals surface area contributed by atoms with Crippen LogP contribution in [0.4, 0.5) is 5.69 Å². The third-order valence-corrected chi connectivity index (χ3v) is 5.81. The molecule has 1 N–H and O–H groups in total. The van der Waals surface area contributed by atoms with Crippen molar-refractivity contribution in [1.29, 1.82) is 0 Å². The average Bonchev–Trinajstić information content (AvgIpc) is 3.08. The van der Waals surface area contributed by atoms with Gasteiger partial charge in [0.05, 0.1) is 0 Å². The smallest absolute Gasteiger partial charge is 0.324 e. The zero-order valence-corrected chi connectivity index (χ0v) is 18.6. The number of nitrogens with zero attached hydrogens (tertiary/aromatic N) is 4. The molecule has 0 aliphatic carbocycles. The number of fused-ring (bicyclic) bond motifs is 1. The topological polar surface area (TPSA) is 98.4 Å². The van der Waals surface area contributed by atoms with E-state index in [1.165, 1.54) is 23.2 Å². The van der Waals surface area contributed by atoms with Crippen molar-refractivity contribution < 1.29 is 9.59 Å². The van der Waals surface area contributed by atoms with E-state index in [4.69, 9.17) is 11.6 Å². The Morgan fingerprint density at radius 1 is 1.06 bits per heavy atom.